The van der Waals surface area contributed by atoms with Crippen LogP contribution in [0.15, 0.2) is 18.3 Å². The Labute approximate surface area is 112 Å². The first-order valence-corrected chi connectivity index (χ1v) is 6.59. The number of carbonyl (C=O) groups is 1. The maximum Gasteiger partial charge on any atom is 0.340 e. The summed E-state index contributed by atoms with van der Waals surface area (Å²) in [6.07, 6.45) is 1.76. The van der Waals surface area contributed by atoms with Crippen LogP contribution in [-0.2, 0) is 24.9 Å². The minimum atomic E-state index is -0.244. The Hall–Kier alpha value is -1.81. The van der Waals surface area contributed by atoms with Gasteiger partial charge in [0.1, 0.15) is 0 Å². The average Bonchev–Trinajstić information content (AvgIpc) is 2.91. The van der Waals surface area contributed by atoms with Gasteiger partial charge in [0, 0.05) is 37.2 Å². The van der Waals surface area contributed by atoms with Gasteiger partial charge in [0.2, 0.25) is 0 Å². The van der Waals surface area contributed by atoms with Crippen LogP contribution >= 0.6 is 0 Å². The summed E-state index contributed by atoms with van der Waals surface area (Å²) in [4.78, 5) is 12.1. The third kappa shape index (κ3) is 2.02. The number of nitrogens with zero attached hydrogens (tertiary/aromatic N) is 1. The van der Waals surface area contributed by atoms with Crippen molar-refractivity contribution in [2.45, 2.75) is 33.0 Å². The third-order valence-electron chi connectivity index (χ3n) is 3.50. The van der Waals surface area contributed by atoms with Crippen LogP contribution in [0.1, 0.15) is 35.3 Å². The molecule has 0 unspecified atom stereocenters. The van der Waals surface area contributed by atoms with Crippen molar-refractivity contribution in [3.05, 3.63) is 35.0 Å². The van der Waals surface area contributed by atoms with E-state index in [1.54, 1.807) is 0 Å². The first kappa shape index (κ1) is 12.2. The molecule has 1 N–H and O–H groups in total. The Bertz CT molecular complexity index is 656. The number of carbonyl (C=O) groups excluding carboxylic acids is 1. The maximum absolute atomic E-state index is 12.1. The van der Waals surface area contributed by atoms with Crippen molar-refractivity contribution in [2.24, 2.45) is 7.05 Å². The van der Waals surface area contributed by atoms with E-state index in [4.69, 9.17) is 4.74 Å². The van der Waals surface area contributed by atoms with Crippen molar-refractivity contribution >= 4 is 16.9 Å². The molecule has 0 bridgehead atoms. The molecule has 1 aromatic heterocycles. The molecule has 1 aliphatic heterocycles. The van der Waals surface area contributed by atoms with E-state index in [0.717, 1.165) is 24.0 Å². The lowest BCUT2D eigenvalue weighted by atomic mass is 10.1. The number of aromatic nitrogens is 1. The maximum atomic E-state index is 12.1. The van der Waals surface area contributed by atoms with Gasteiger partial charge in [0.15, 0.2) is 0 Å². The molecule has 2 aromatic rings. The molecular weight excluding hydrogens is 240 g/mol. The number of esters is 1. The Kier molecular flexibility index (Phi) is 2.82. The molecule has 0 spiro atoms. The van der Waals surface area contributed by atoms with Gasteiger partial charge < -0.3 is 14.6 Å². The summed E-state index contributed by atoms with van der Waals surface area (Å²) in [6, 6.07) is 4.28. The summed E-state index contributed by atoms with van der Waals surface area (Å²) in [7, 11) is 1.96. The average molecular weight is 258 g/mol. The van der Waals surface area contributed by atoms with Crippen LogP contribution in [0.3, 0.4) is 0 Å². The summed E-state index contributed by atoms with van der Waals surface area (Å²) >= 11 is 0. The van der Waals surface area contributed by atoms with Gasteiger partial charge >= 0.3 is 5.97 Å². The second-order valence-corrected chi connectivity index (χ2v) is 5.35. The molecule has 0 atom stereocenters. The van der Waals surface area contributed by atoms with Gasteiger partial charge in [-0.3, -0.25) is 0 Å². The highest BCUT2D eigenvalue weighted by molar-refractivity contribution is 6.04. The van der Waals surface area contributed by atoms with Gasteiger partial charge in [0.05, 0.1) is 11.7 Å². The van der Waals surface area contributed by atoms with Gasteiger partial charge in [-0.15, -0.1) is 0 Å². The lowest BCUT2D eigenvalue weighted by Gasteiger charge is -2.07. The summed E-state index contributed by atoms with van der Waals surface area (Å²) in [5.74, 6) is -0.244. The summed E-state index contributed by atoms with van der Waals surface area (Å²) in [6.45, 7) is 5.51. The molecule has 100 valence electrons. The second-order valence-electron chi connectivity index (χ2n) is 5.35. The summed E-state index contributed by atoms with van der Waals surface area (Å²) in [5.41, 5.74) is 4.33. The quantitative estimate of drug-likeness (QED) is 0.841. The van der Waals surface area contributed by atoms with Crippen LogP contribution in [0.4, 0.5) is 0 Å². The number of ether oxygens (including phenoxy) is 1. The van der Waals surface area contributed by atoms with E-state index in [1.807, 2.05) is 31.7 Å². The zero-order valence-corrected chi connectivity index (χ0v) is 11.5. The van der Waals surface area contributed by atoms with Gasteiger partial charge in [-0.25, -0.2) is 4.79 Å². The van der Waals surface area contributed by atoms with Crippen molar-refractivity contribution < 1.29 is 9.53 Å². The molecule has 4 nitrogen and oxygen atoms in total. The van der Waals surface area contributed by atoms with Crippen LogP contribution in [0.2, 0.25) is 0 Å². The molecule has 0 amide bonds. The number of nitrogens with one attached hydrogen (secondary N) is 1. The Balaban J connectivity index is 2.13. The molecule has 4 heteroatoms. The molecule has 1 aromatic carbocycles. The van der Waals surface area contributed by atoms with Gasteiger partial charge in [-0.2, -0.15) is 0 Å². The largest absolute Gasteiger partial charge is 0.459 e. The topological polar surface area (TPSA) is 43.3 Å². The summed E-state index contributed by atoms with van der Waals surface area (Å²) in [5, 5.41) is 4.31. The molecule has 2 heterocycles. The van der Waals surface area contributed by atoms with Crippen molar-refractivity contribution in [1.82, 2.24) is 9.88 Å². The lowest BCUT2D eigenvalue weighted by molar-refractivity contribution is 0.0380. The molecule has 0 radical (unpaired) electrons. The molecule has 3 rings (SSSR count). The normalized spacial score (nSPS) is 14.1. The van der Waals surface area contributed by atoms with Crippen LogP contribution in [0.25, 0.3) is 10.9 Å². The number of hydrogen-bond donors (Lipinski definition) is 1. The van der Waals surface area contributed by atoms with Gasteiger partial charge in [-0.1, -0.05) is 0 Å². The minimum absolute atomic E-state index is 0.0983. The van der Waals surface area contributed by atoms with Crippen LogP contribution in [-0.4, -0.2) is 16.6 Å². The zero-order valence-electron chi connectivity index (χ0n) is 11.5. The predicted molar refractivity (Wildman–Crippen MR) is 74.0 cm³/mol. The predicted octanol–water partition coefficient (Wildman–Crippen LogP) is 2.35. The van der Waals surface area contributed by atoms with Gasteiger partial charge in [0.25, 0.3) is 0 Å². The monoisotopic (exact) mass is 258 g/mol. The van der Waals surface area contributed by atoms with E-state index in [0.29, 0.717) is 5.56 Å². The van der Waals surface area contributed by atoms with E-state index in [2.05, 4.69) is 17.4 Å². The molecule has 1 aliphatic rings. The third-order valence-corrected chi connectivity index (χ3v) is 3.50. The van der Waals surface area contributed by atoms with Crippen molar-refractivity contribution in [1.29, 1.82) is 0 Å². The van der Waals surface area contributed by atoms with Gasteiger partial charge in [-0.05, 0) is 37.1 Å². The van der Waals surface area contributed by atoms with Crippen LogP contribution in [0, 0.1) is 0 Å². The zero-order chi connectivity index (χ0) is 13.6. The SMILES string of the molecule is CC(C)OC(=O)c1cn(C)c2cc3c(cc12)CNC3. The van der Waals surface area contributed by atoms with Crippen LogP contribution < -0.4 is 5.32 Å². The molecule has 19 heavy (non-hydrogen) atoms. The Morgan fingerprint density at radius 2 is 2.00 bits per heavy atom. The number of hydrogen-bond acceptors (Lipinski definition) is 3. The number of fused-ring (bicyclic) bond motifs is 2. The molecule has 0 saturated carbocycles. The molecule has 0 saturated heterocycles. The van der Waals surface area contributed by atoms with E-state index in [-0.39, 0.29) is 12.1 Å². The molecule has 0 aliphatic carbocycles. The van der Waals surface area contributed by atoms with Crippen molar-refractivity contribution in [3.8, 4) is 0 Å². The summed E-state index contributed by atoms with van der Waals surface area (Å²) < 4.78 is 7.30. The first-order chi connectivity index (χ1) is 9.06. The Morgan fingerprint density at radius 3 is 2.68 bits per heavy atom. The highest BCUT2D eigenvalue weighted by Crippen LogP contribution is 2.27. The number of benzene rings is 1. The van der Waals surface area contributed by atoms with Crippen molar-refractivity contribution in [3.63, 3.8) is 0 Å². The first-order valence-electron chi connectivity index (χ1n) is 6.59. The van der Waals surface area contributed by atoms with E-state index >= 15 is 0 Å². The van der Waals surface area contributed by atoms with Crippen LogP contribution in [0.5, 0.6) is 0 Å². The molecule has 0 fully saturated rings. The highest BCUT2D eigenvalue weighted by atomic mass is 16.5. The molecular formula is C15H18N2O2. The Morgan fingerprint density at radius 1 is 1.32 bits per heavy atom. The van der Waals surface area contributed by atoms with E-state index < -0.39 is 0 Å². The van der Waals surface area contributed by atoms with E-state index in [9.17, 15) is 4.79 Å². The minimum Gasteiger partial charge on any atom is -0.459 e. The van der Waals surface area contributed by atoms with E-state index in [1.165, 1.54) is 11.1 Å². The smallest absolute Gasteiger partial charge is 0.340 e. The fraction of sp³-hybridized carbons (Fsp3) is 0.400. The number of aryl methyl sites for hydroxylation is 1. The second kappa shape index (κ2) is 4.38. The standard InChI is InChI=1S/C15H18N2O2/c1-9(2)19-15(18)13-8-17(3)14-5-11-7-16-6-10(11)4-12(13)14/h4-5,8-9,16H,6-7H2,1-3H3. The van der Waals surface area contributed by atoms with Crippen molar-refractivity contribution in [2.75, 3.05) is 0 Å². The fourth-order valence-electron chi connectivity index (χ4n) is 2.62. The highest BCUT2D eigenvalue weighted by Gasteiger charge is 2.19. The lowest BCUT2D eigenvalue weighted by Crippen LogP contribution is -2.11. The fourth-order valence-corrected chi connectivity index (χ4v) is 2.62. The number of rotatable bonds is 2.